The third-order valence-electron chi connectivity index (χ3n) is 9.28. The fraction of sp³-hybridized carbons (Fsp3) is 0. The summed E-state index contributed by atoms with van der Waals surface area (Å²) < 4.78 is 6.78. The highest BCUT2D eigenvalue weighted by atomic mass is 16.3. The van der Waals surface area contributed by atoms with Crippen LogP contribution in [0.1, 0.15) is 0 Å². The van der Waals surface area contributed by atoms with Crippen LogP contribution in [0.2, 0.25) is 0 Å². The zero-order valence-corrected chi connectivity index (χ0v) is 26.3. The maximum absolute atomic E-state index is 6.78. The van der Waals surface area contributed by atoms with E-state index in [1.54, 1.807) is 0 Å². The zero-order chi connectivity index (χ0) is 31.9. The third kappa shape index (κ3) is 4.92. The maximum Gasteiger partial charge on any atom is 0.159 e. The van der Waals surface area contributed by atoms with Crippen LogP contribution >= 0.6 is 0 Å². The van der Waals surface area contributed by atoms with E-state index in [2.05, 4.69) is 187 Å². The van der Waals surface area contributed by atoms with E-state index in [4.69, 9.17) is 4.42 Å². The van der Waals surface area contributed by atoms with Gasteiger partial charge in [0.15, 0.2) is 5.58 Å². The molecule has 0 saturated heterocycles. The molecule has 9 rings (SSSR count). The molecule has 226 valence electrons. The first-order valence-corrected chi connectivity index (χ1v) is 16.3. The molecule has 48 heavy (non-hydrogen) atoms. The summed E-state index contributed by atoms with van der Waals surface area (Å²) in [6, 6.07) is 66.8. The Hall–Kier alpha value is -6.38. The van der Waals surface area contributed by atoms with Crippen LogP contribution in [-0.4, -0.2) is 0 Å². The second kappa shape index (κ2) is 11.8. The van der Waals surface area contributed by atoms with Gasteiger partial charge in [-0.05, 0) is 75.2 Å². The van der Waals surface area contributed by atoms with Gasteiger partial charge in [0.05, 0.1) is 11.4 Å². The third-order valence-corrected chi connectivity index (χ3v) is 9.28. The van der Waals surface area contributed by atoms with E-state index in [1.807, 2.05) is 6.07 Å². The Labute approximate surface area is 279 Å². The molecule has 0 aliphatic rings. The number of furan rings is 1. The Morgan fingerprint density at radius 2 is 0.833 bits per heavy atom. The molecule has 2 nitrogen and oxygen atoms in total. The van der Waals surface area contributed by atoms with Gasteiger partial charge in [0.1, 0.15) is 5.58 Å². The smallest absolute Gasteiger partial charge is 0.159 e. The largest absolute Gasteiger partial charge is 0.454 e. The van der Waals surface area contributed by atoms with Crippen LogP contribution < -0.4 is 4.90 Å². The molecule has 0 aliphatic carbocycles. The van der Waals surface area contributed by atoms with Crippen molar-refractivity contribution in [2.75, 3.05) is 4.90 Å². The van der Waals surface area contributed by atoms with Crippen LogP contribution in [0.4, 0.5) is 17.1 Å². The monoisotopic (exact) mass is 613 g/mol. The lowest BCUT2D eigenvalue weighted by Gasteiger charge is -2.27. The van der Waals surface area contributed by atoms with Gasteiger partial charge in [0, 0.05) is 21.8 Å². The van der Waals surface area contributed by atoms with Crippen LogP contribution in [0.25, 0.3) is 66.1 Å². The first-order chi connectivity index (χ1) is 23.8. The predicted octanol–water partition coefficient (Wildman–Crippen LogP) is 13.2. The standard InChI is InChI=1S/C46H31NO/c1-3-11-32(12-4-1)34-21-23-35(24-22-34)36-25-28-39(29-26-36)47(43-19-9-16-37-15-7-8-17-40(37)43)44-20-10-18-42-41-30-27-38(31-45(41)48-46(42)44)33-13-5-2-6-14-33/h1-31H. The SMILES string of the molecule is c1ccc(-c2ccc(-c3ccc(N(c4cccc5ccccc45)c4cccc5c4oc4cc(-c6ccccc6)ccc45)cc3)cc2)cc1. The van der Waals surface area contributed by atoms with Crippen molar-refractivity contribution in [3.63, 3.8) is 0 Å². The van der Waals surface area contributed by atoms with Gasteiger partial charge in [-0.3, -0.25) is 0 Å². The van der Waals surface area contributed by atoms with Gasteiger partial charge >= 0.3 is 0 Å². The van der Waals surface area contributed by atoms with Crippen molar-refractivity contribution >= 4 is 49.8 Å². The normalized spacial score (nSPS) is 11.3. The molecule has 2 heteroatoms. The zero-order valence-electron chi connectivity index (χ0n) is 26.3. The molecule has 0 bridgehead atoms. The molecule has 0 fully saturated rings. The van der Waals surface area contributed by atoms with Gasteiger partial charge in [-0.1, -0.05) is 152 Å². The van der Waals surface area contributed by atoms with Gasteiger partial charge < -0.3 is 9.32 Å². The Morgan fingerprint density at radius 1 is 0.333 bits per heavy atom. The minimum atomic E-state index is 0.867. The summed E-state index contributed by atoms with van der Waals surface area (Å²) in [7, 11) is 0. The average molecular weight is 614 g/mol. The number of hydrogen-bond donors (Lipinski definition) is 0. The van der Waals surface area contributed by atoms with Gasteiger partial charge in [-0.2, -0.15) is 0 Å². The Morgan fingerprint density at radius 3 is 1.54 bits per heavy atom. The number of anilines is 3. The summed E-state index contributed by atoms with van der Waals surface area (Å²) in [5.41, 5.74) is 12.0. The molecule has 0 spiro atoms. The van der Waals surface area contributed by atoms with E-state index in [1.165, 1.54) is 38.6 Å². The van der Waals surface area contributed by atoms with E-state index >= 15 is 0 Å². The highest BCUT2D eigenvalue weighted by Crippen LogP contribution is 2.45. The van der Waals surface area contributed by atoms with Crippen LogP contribution in [-0.2, 0) is 0 Å². The molecule has 0 radical (unpaired) electrons. The molecule has 0 amide bonds. The highest BCUT2D eigenvalue weighted by molar-refractivity contribution is 6.12. The lowest BCUT2D eigenvalue weighted by Crippen LogP contribution is -2.10. The number of rotatable bonds is 6. The fourth-order valence-corrected chi connectivity index (χ4v) is 6.87. The van der Waals surface area contributed by atoms with E-state index in [0.29, 0.717) is 0 Å². The summed E-state index contributed by atoms with van der Waals surface area (Å²) in [6.07, 6.45) is 0. The second-order valence-corrected chi connectivity index (χ2v) is 12.2. The molecule has 8 aromatic carbocycles. The summed E-state index contributed by atoms with van der Waals surface area (Å²) in [6.45, 7) is 0. The van der Waals surface area contributed by atoms with E-state index in [9.17, 15) is 0 Å². The van der Waals surface area contributed by atoms with Crippen LogP contribution in [0.5, 0.6) is 0 Å². The van der Waals surface area contributed by atoms with Gasteiger partial charge in [-0.25, -0.2) is 0 Å². The lowest BCUT2D eigenvalue weighted by molar-refractivity contribution is 0.669. The van der Waals surface area contributed by atoms with Crippen molar-refractivity contribution in [3.8, 4) is 33.4 Å². The Balaban J connectivity index is 1.18. The predicted molar refractivity (Wildman–Crippen MR) is 202 cm³/mol. The molecule has 0 N–H and O–H groups in total. The van der Waals surface area contributed by atoms with Crippen molar-refractivity contribution in [1.29, 1.82) is 0 Å². The minimum absolute atomic E-state index is 0.867. The summed E-state index contributed by atoms with van der Waals surface area (Å²) in [5, 5.41) is 4.58. The van der Waals surface area contributed by atoms with Crippen molar-refractivity contribution in [3.05, 3.63) is 188 Å². The van der Waals surface area contributed by atoms with Crippen molar-refractivity contribution < 1.29 is 4.42 Å². The van der Waals surface area contributed by atoms with Crippen LogP contribution in [0, 0.1) is 0 Å². The first-order valence-electron chi connectivity index (χ1n) is 16.3. The minimum Gasteiger partial charge on any atom is -0.454 e. The Bertz CT molecular complexity index is 2530. The molecule has 0 aliphatic heterocycles. The maximum atomic E-state index is 6.78. The summed E-state index contributed by atoms with van der Waals surface area (Å²) >= 11 is 0. The van der Waals surface area contributed by atoms with Crippen molar-refractivity contribution in [1.82, 2.24) is 0 Å². The average Bonchev–Trinajstić information content (AvgIpc) is 3.55. The van der Waals surface area contributed by atoms with Gasteiger partial charge in [-0.15, -0.1) is 0 Å². The van der Waals surface area contributed by atoms with Crippen LogP contribution in [0.15, 0.2) is 192 Å². The van der Waals surface area contributed by atoms with Crippen LogP contribution in [0.3, 0.4) is 0 Å². The fourth-order valence-electron chi connectivity index (χ4n) is 6.87. The summed E-state index contributed by atoms with van der Waals surface area (Å²) in [5.74, 6) is 0. The molecular formula is C46H31NO. The number of fused-ring (bicyclic) bond motifs is 4. The first kappa shape index (κ1) is 27.9. The molecule has 0 saturated carbocycles. The molecule has 1 aromatic heterocycles. The number of hydrogen-bond acceptors (Lipinski definition) is 2. The second-order valence-electron chi connectivity index (χ2n) is 12.2. The van der Waals surface area contributed by atoms with E-state index < -0.39 is 0 Å². The molecule has 1 heterocycles. The van der Waals surface area contributed by atoms with Crippen molar-refractivity contribution in [2.24, 2.45) is 0 Å². The molecule has 0 atom stereocenters. The Kier molecular flexibility index (Phi) is 6.84. The molecule has 9 aromatic rings. The van der Waals surface area contributed by atoms with E-state index in [0.717, 1.165) is 44.6 Å². The molecule has 0 unspecified atom stereocenters. The van der Waals surface area contributed by atoms with E-state index in [-0.39, 0.29) is 0 Å². The van der Waals surface area contributed by atoms with Gasteiger partial charge in [0.2, 0.25) is 0 Å². The van der Waals surface area contributed by atoms with Crippen molar-refractivity contribution in [2.45, 2.75) is 0 Å². The highest BCUT2D eigenvalue weighted by Gasteiger charge is 2.21. The number of nitrogens with zero attached hydrogens (tertiary/aromatic N) is 1. The number of para-hydroxylation sites is 1. The lowest BCUT2D eigenvalue weighted by atomic mass is 10.00. The molecular weight excluding hydrogens is 583 g/mol. The number of benzene rings is 8. The topological polar surface area (TPSA) is 16.4 Å². The quantitative estimate of drug-likeness (QED) is 0.185. The van der Waals surface area contributed by atoms with Gasteiger partial charge in [0.25, 0.3) is 0 Å². The summed E-state index contributed by atoms with van der Waals surface area (Å²) in [4.78, 5) is 2.34.